The standard InChI is InChI=1S/C12H10N2O.ClH/c13-12(15)11-3-1-9(2-4-11)10-5-7-14-8-6-10;/h1-8H,(H2,13,15);1H. The number of halogens is 1. The molecule has 2 N–H and O–H groups in total. The Morgan fingerprint density at radius 1 is 0.938 bits per heavy atom. The number of hydrogen-bond acceptors (Lipinski definition) is 2. The minimum atomic E-state index is -0.406. The van der Waals surface area contributed by atoms with Crippen LogP contribution in [0, 0.1) is 0 Å². The van der Waals surface area contributed by atoms with Crippen LogP contribution < -0.4 is 5.73 Å². The van der Waals surface area contributed by atoms with Crippen LogP contribution >= 0.6 is 12.4 Å². The third kappa shape index (κ3) is 2.58. The van der Waals surface area contributed by atoms with Crippen molar-refractivity contribution in [3.8, 4) is 11.1 Å². The van der Waals surface area contributed by atoms with Crippen LogP contribution in [0.15, 0.2) is 48.8 Å². The third-order valence-corrected chi connectivity index (χ3v) is 2.18. The summed E-state index contributed by atoms with van der Waals surface area (Å²) in [5, 5.41) is 0. The summed E-state index contributed by atoms with van der Waals surface area (Å²) in [6.07, 6.45) is 3.47. The first-order valence-corrected chi connectivity index (χ1v) is 4.57. The van der Waals surface area contributed by atoms with Crippen molar-refractivity contribution in [3.63, 3.8) is 0 Å². The topological polar surface area (TPSA) is 56.0 Å². The van der Waals surface area contributed by atoms with Crippen molar-refractivity contribution in [2.75, 3.05) is 0 Å². The number of rotatable bonds is 2. The SMILES string of the molecule is Cl.NC(=O)c1ccc(-c2ccncc2)cc1. The van der Waals surface area contributed by atoms with Gasteiger partial charge in [0.15, 0.2) is 0 Å². The predicted molar refractivity (Wildman–Crippen MR) is 65.4 cm³/mol. The van der Waals surface area contributed by atoms with Crippen LogP contribution in [-0.4, -0.2) is 10.9 Å². The van der Waals surface area contributed by atoms with Crippen molar-refractivity contribution in [2.24, 2.45) is 5.73 Å². The van der Waals surface area contributed by atoms with Gasteiger partial charge in [0.1, 0.15) is 0 Å². The predicted octanol–water partition coefficient (Wildman–Crippen LogP) is 2.27. The first-order chi connectivity index (χ1) is 7.27. The van der Waals surface area contributed by atoms with E-state index in [-0.39, 0.29) is 12.4 Å². The molecule has 0 saturated heterocycles. The second-order valence-corrected chi connectivity index (χ2v) is 3.18. The monoisotopic (exact) mass is 234 g/mol. The molecule has 2 rings (SSSR count). The van der Waals surface area contributed by atoms with E-state index in [1.54, 1.807) is 24.5 Å². The molecule has 0 aliphatic carbocycles. The van der Waals surface area contributed by atoms with Crippen LogP contribution in [0.1, 0.15) is 10.4 Å². The highest BCUT2D eigenvalue weighted by Gasteiger charge is 2.00. The molecule has 1 aromatic carbocycles. The van der Waals surface area contributed by atoms with Gasteiger partial charge in [-0.3, -0.25) is 9.78 Å². The molecule has 16 heavy (non-hydrogen) atoms. The molecule has 82 valence electrons. The number of benzene rings is 1. The van der Waals surface area contributed by atoms with Crippen LogP contribution in [0.4, 0.5) is 0 Å². The van der Waals surface area contributed by atoms with E-state index in [0.29, 0.717) is 5.56 Å². The molecule has 0 radical (unpaired) electrons. The van der Waals surface area contributed by atoms with E-state index >= 15 is 0 Å². The van der Waals surface area contributed by atoms with Gasteiger partial charge in [0.05, 0.1) is 0 Å². The second kappa shape index (κ2) is 5.28. The Hall–Kier alpha value is -1.87. The third-order valence-electron chi connectivity index (χ3n) is 2.18. The quantitative estimate of drug-likeness (QED) is 0.867. The van der Waals surface area contributed by atoms with Gasteiger partial charge in [-0.2, -0.15) is 0 Å². The van der Waals surface area contributed by atoms with Crippen LogP contribution in [-0.2, 0) is 0 Å². The van der Waals surface area contributed by atoms with E-state index in [1.165, 1.54) is 0 Å². The number of nitrogens with two attached hydrogens (primary N) is 1. The van der Waals surface area contributed by atoms with E-state index in [0.717, 1.165) is 11.1 Å². The number of nitrogens with zero attached hydrogens (tertiary/aromatic N) is 1. The number of amides is 1. The number of hydrogen-bond donors (Lipinski definition) is 1. The van der Waals surface area contributed by atoms with Gasteiger partial charge in [0.25, 0.3) is 0 Å². The fraction of sp³-hybridized carbons (Fsp3) is 0. The van der Waals surface area contributed by atoms with Crippen molar-refractivity contribution in [1.29, 1.82) is 0 Å². The molecule has 1 heterocycles. The summed E-state index contributed by atoms with van der Waals surface area (Å²) < 4.78 is 0. The first-order valence-electron chi connectivity index (χ1n) is 4.57. The molecule has 0 atom stereocenters. The van der Waals surface area contributed by atoms with E-state index < -0.39 is 5.91 Å². The summed E-state index contributed by atoms with van der Waals surface area (Å²) in [5.74, 6) is -0.406. The highest BCUT2D eigenvalue weighted by atomic mass is 35.5. The molecular formula is C12H11ClN2O. The lowest BCUT2D eigenvalue weighted by atomic mass is 10.1. The Labute approximate surface area is 99.7 Å². The lowest BCUT2D eigenvalue weighted by Crippen LogP contribution is -2.10. The van der Waals surface area contributed by atoms with Gasteiger partial charge in [-0.05, 0) is 35.4 Å². The zero-order valence-corrected chi connectivity index (χ0v) is 9.28. The maximum atomic E-state index is 10.9. The molecule has 0 unspecified atom stereocenters. The number of primary amides is 1. The van der Waals surface area contributed by atoms with Gasteiger partial charge < -0.3 is 5.73 Å². The fourth-order valence-corrected chi connectivity index (χ4v) is 1.37. The van der Waals surface area contributed by atoms with Crippen molar-refractivity contribution in [3.05, 3.63) is 54.4 Å². The van der Waals surface area contributed by atoms with E-state index in [4.69, 9.17) is 5.73 Å². The zero-order valence-electron chi connectivity index (χ0n) is 8.46. The van der Waals surface area contributed by atoms with Crippen molar-refractivity contribution in [2.45, 2.75) is 0 Å². The minimum Gasteiger partial charge on any atom is -0.366 e. The normalized spacial score (nSPS) is 9.25. The van der Waals surface area contributed by atoms with E-state index in [1.807, 2.05) is 24.3 Å². The molecule has 0 aliphatic heterocycles. The lowest BCUT2D eigenvalue weighted by molar-refractivity contribution is 0.100. The molecule has 0 bridgehead atoms. The number of aromatic nitrogens is 1. The van der Waals surface area contributed by atoms with Gasteiger partial charge in [-0.25, -0.2) is 0 Å². The maximum Gasteiger partial charge on any atom is 0.248 e. The molecule has 1 aromatic heterocycles. The maximum absolute atomic E-state index is 10.9. The second-order valence-electron chi connectivity index (χ2n) is 3.18. The van der Waals surface area contributed by atoms with Crippen LogP contribution in [0.2, 0.25) is 0 Å². The Morgan fingerprint density at radius 3 is 1.94 bits per heavy atom. The molecule has 1 amide bonds. The van der Waals surface area contributed by atoms with Gasteiger partial charge >= 0.3 is 0 Å². The summed E-state index contributed by atoms with van der Waals surface area (Å²) >= 11 is 0. The average Bonchev–Trinajstić information content (AvgIpc) is 2.30. The highest BCUT2D eigenvalue weighted by molar-refractivity contribution is 5.93. The summed E-state index contributed by atoms with van der Waals surface area (Å²) in [6.45, 7) is 0. The smallest absolute Gasteiger partial charge is 0.248 e. The fourth-order valence-electron chi connectivity index (χ4n) is 1.37. The van der Waals surface area contributed by atoms with Gasteiger partial charge in [-0.1, -0.05) is 12.1 Å². The highest BCUT2D eigenvalue weighted by Crippen LogP contribution is 2.18. The van der Waals surface area contributed by atoms with Crippen molar-refractivity contribution in [1.82, 2.24) is 4.98 Å². The lowest BCUT2D eigenvalue weighted by Gasteiger charge is -2.01. The molecule has 0 saturated carbocycles. The molecule has 3 nitrogen and oxygen atoms in total. The number of carbonyl (C=O) groups excluding carboxylic acids is 1. The van der Waals surface area contributed by atoms with Gasteiger partial charge in [-0.15, -0.1) is 12.4 Å². The Balaban J connectivity index is 0.00000128. The first kappa shape index (κ1) is 12.2. The largest absolute Gasteiger partial charge is 0.366 e. The van der Waals surface area contributed by atoms with Crippen LogP contribution in [0.3, 0.4) is 0 Å². The van der Waals surface area contributed by atoms with Gasteiger partial charge in [0.2, 0.25) is 5.91 Å². The number of carbonyl (C=O) groups is 1. The molecule has 4 heteroatoms. The van der Waals surface area contributed by atoms with Crippen molar-refractivity contribution < 1.29 is 4.79 Å². The molecule has 0 fully saturated rings. The summed E-state index contributed by atoms with van der Waals surface area (Å²) in [7, 11) is 0. The summed E-state index contributed by atoms with van der Waals surface area (Å²) in [6, 6.07) is 11.0. The Morgan fingerprint density at radius 2 is 1.44 bits per heavy atom. The average molecular weight is 235 g/mol. The summed E-state index contributed by atoms with van der Waals surface area (Å²) in [5.41, 5.74) is 7.79. The van der Waals surface area contributed by atoms with E-state index in [9.17, 15) is 4.79 Å². The molecule has 0 aliphatic rings. The number of pyridine rings is 1. The van der Waals surface area contributed by atoms with Crippen LogP contribution in [0.25, 0.3) is 11.1 Å². The molecule has 2 aromatic rings. The van der Waals surface area contributed by atoms with Crippen molar-refractivity contribution >= 4 is 18.3 Å². The van der Waals surface area contributed by atoms with Gasteiger partial charge in [0, 0.05) is 18.0 Å². The van der Waals surface area contributed by atoms with Crippen LogP contribution in [0.5, 0.6) is 0 Å². The molecule has 0 spiro atoms. The zero-order chi connectivity index (χ0) is 10.7. The van der Waals surface area contributed by atoms with E-state index in [2.05, 4.69) is 4.98 Å². The minimum absolute atomic E-state index is 0. The summed E-state index contributed by atoms with van der Waals surface area (Å²) in [4.78, 5) is 14.8. The Kier molecular flexibility index (Phi) is 4.03. The Bertz CT molecular complexity index is 468. The molecular weight excluding hydrogens is 224 g/mol.